The third-order valence-electron chi connectivity index (χ3n) is 3.38. The van der Waals surface area contributed by atoms with Gasteiger partial charge in [0, 0.05) is 26.1 Å². The van der Waals surface area contributed by atoms with E-state index in [1.165, 1.54) is 22.3 Å². The predicted octanol–water partition coefficient (Wildman–Crippen LogP) is 2.86. The number of amides is 1. The quantitative estimate of drug-likeness (QED) is 0.752. The van der Waals surface area contributed by atoms with E-state index in [1.807, 2.05) is 0 Å². The van der Waals surface area contributed by atoms with Crippen LogP contribution in [0.4, 0.5) is 0 Å². The molecule has 0 aliphatic carbocycles. The molecule has 0 atom stereocenters. The third kappa shape index (κ3) is 5.74. The third-order valence-corrected chi connectivity index (χ3v) is 3.38. The zero-order chi connectivity index (χ0) is 15.1. The van der Waals surface area contributed by atoms with E-state index in [-0.39, 0.29) is 5.91 Å². The zero-order valence-corrected chi connectivity index (χ0v) is 13.5. The van der Waals surface area contributed by atoms with Crippen molar-refractivity contribution in [1.82, 2.24) is 10.6 Å². The van der Waals surface area contributed by atoms with Crippen molar-refractivity contribution in [1.29, 1.82) is 0 Å². The fourth-order valence-electron chi connectivity index (χ4n) is 2.31. The van der Waals surface area contributed by atoms with Crippen molar-refractivity contribution >= 4 is 5.91 Å². The van der Waals surface area contributed by atoms with Crippen LogP contribution in [0.1, 0.15) is 42.5 Å². The van der Waals surface area contributed by atoms with Crippen LogP contribution >= 0.6 is 0 Å². The Labute approximate surface area is 123 Å². The van der Waals surface area contributed by atoms with E-state index < -0.39 is 0 Å². The Hall–Kier alpha value is -1.35. The molecule has 0 saturated carbocycles. The lowest BCUT2D eigenvalue weighted by Gasteiger charge is -2.12. The average Bonchev–Trinajstić information content (AvgIpc) is 2.34. The van der Waals surface area contributed by atoms with Crippen molar-refractivity contribution in [3.05, 3.63) is 34.4 Å². The van der Waals surface area contributed by atoms with Gasteiger partial charge in [0.1, 0.15) is 0 Å². The Balaban J connectivity index is 2.33. The van der Waals surface area contributed by atoms with Gasteiger partial charge in [0.25, 0.3) is 0 Å². The van der Waals surface area contributed by atoms with Crippen LogP contribution < -0.4 is 10.6 Å². The summed E-state index contributed by atoms with van der Waals surface area (Å²) in [7, 11) is 0. The predicted molar refractivity (Wildman–Crippen MR) is 84.8 cm³/mol. The van der Waals surface area contributed by atoms with Gasteiger partial charge >= 0.3 is 0 Å². The van der Waals surface area contributed by atoms with Crippen molar-refractivity contribution in [3.8, 4) is 0 Å². The number of rotatable bonds is 7. The Morgan fingerprint density at radius 2 is 1.75 bits per heavy atom. The van der Waals surface area contributed by atoms with Crippen LogP contribution in [0, 0.1) is 26.7 Å². The highest BCUT2D eigenvalue weighted by Gasteiger charge is 2.05. The van der Waals surface area contributed by atoms with E-state index in [1.54, 1.807) is 0 Å². The number of hydrogen-bond donors (Lipinski definition) is 2. The van der Waals surface area contributed by atoms with E-state index in [4.69, 9.17) is 0 Å². The van der Waals surface area contributed by atoms with Gasteiger partial charge in [-0.2, -0.15) is 0 Å². The highest BCUT2D eigenvalue weighted by Crippen LogP contribution is 2.15. The summed E-state index contributed by atoms with van der Waals surface area (Å²) >= 11 is 0. The second-order valence-electron chi connectivity index (χ2n) is 6.00. The van der Waals surface area contributed by atoms with Crippen molar-refractivity contribution in [2.45, 2.75) is 47.6 Å². The molecule has 112 valence electrons. The molecular weight excluding hydrogens is 248 g/mol. The Bertz CT molecular complexity index is 429. The molecule has 0 unspecified atom stereocenters. The maximum atomic E-state index is 11.6. The first-order valence-electron chi connectivity index (χ1n) is 7.44. The second-order valence-corrected chi connectivity index (χ2v) is 6.00. The van der Waals surface area contributed by atoms with Gasteiger partial charge in [-0.25, -0.2) is 0 Å². The van der Waals surface area contributed by atoms with Gasteiger partial charge in [-0.3, -0.25) is 4.79 Å². The second kappa shape index (κ2) is 8.05. The van der Waals surface area contributed by atoms with Crippen molar-refractivity contribution < 1.29 is 4.79 Å². The van der Waals surface area contributed by atoms with Gasteiger partial charge in [-0.1, -0.05) is 31.5 Å². The lowest BCUT2D eigenvalue weighted by molar-refractivity contribution is -0.121. The van der Waals surface area contributed by atoms with Gasteiger partial charge < -0.3 is 10.6 Å². The van der Waals surface area contributed by atoms with E-state index >= 15 is 0 Å². The molecule has 0 aliphatic heterocycles. The number of carbonyl (C=O) groups is 1. The van der Waals surface area contributed by atoms with Gasteiger partial charge in [0.05, 0.1) is 0 Å². The molecule has 1 amide bonds. The summed E-state index contributed by atoms with van der Waals surface area (Å²) in [5.74, 6) is 0.633. The molecule has 0 aromatic heterocycles. The monoisotopic (exact) mass is 276 g/mol. The van der Waals surface area contributed by atoms with Crippen LogP contribution in [0.5, 0.6) is 0 Å². The number of carbonyl (C=O) groups excluding carboxylic acids is 1. The van der Waals surface area contributed by atoms with Crippen LogP contribution in [0.15, 0.2) is 12.1 Å². The molecule has 0 bridgehead atoms. The fourth-order valence-corrected chi connectivity index (χ4v) is 2.31. The first-order valence-corrected chi connectivity index (χ1v) is 7.44. The molecule has 0 spiro atoms. The van der Waals surface area contributed by atoms with Crippen molar-refractivity contribution in [2.75, 3.05) is 13.1 Å². The molecule has 3 heteroatoms. The van der Waals surface area contributed by atoms with Crippen molar-refractivity contribution in [3.63, 3.8) is 0 Å². The van der Waals surface area contributed by atoms with E-state index in [9.17, 15) is 4.79 Å². The summed E-state index contributed by atoms with van der Waals surface area (Å²) in [5, 5.41) is 6.29. The minimum Gasteiger partial charge on any atom is -0.356 e. The number of nitrogens with one attached hydrogen (secondary N) is 2. The van der Waals surface area contributed by atoms with Crippen LogP contribution in [-0.4, -0.2) is 19.0 Å². The molecular formula is C17H28N2O. The normalized spacial score (nSPS) is 10.9. The Morgan fingerprint density at radius 3 is 2.30 bits per heavy atom. The van der Waals surface area contributed by atoms with Gasteiger partial charge in [0.15, 0.2) is 0 Å². The van der Waals surface area contributed by atoms with Crippen molar-refractivity contribution in [2.24, 2.45) is 5.92 Å². The minimum atomic E-state index is 0.128. The first kappa shape index (κ1) is 16.7. The zero-order valence-electron chi connectivity index (χ0n) is 13.5. The van der Waals surface area contributed by atoms with Crippen LogP contribution in [-0.2, 0) is 11.3 Å². The smallest absolute Gasteiger partial charge is 0.221 e. The summed E-state index contributed by atoms with van der Waals surface area (Å²) in [6.07, 6.45) is 0.538. The number of hydrogen-bond acceptors (Lipinski definition) is 2. The summed E-state index contributed by atoms with van der Waals surface area (Å²) in [5.41, 5.74) is 5.29. The fraction of sp³-hybridized carbons (Fsp3) is 0.588. The van der Waals surface area contributed by atoms with Crippen LogP contribution in [0.2, 0.25) is 0 Å². The summed E-state index contributed by atoms with van der Waals surface area (Å²) < 4.78 is 0. The highest BCUT2D eigenvalue weighted by molar-refractivity contribution is 5.76. The highest BCUT2D eigenvalue weighted by atomic mass is 16.1. The number of aryl methyl sites for hydroxylation is 3. The largest absolute Gasteiger partial charge is 0.356 e. The van der Waals surface area contributed by atoms with Gasteiger partial charge in [0.2, 0.25) is 5.91 Å². The maximum absolute atomic E-state index is 11.6. The summed E-state index contributed by atoms with van der Waals surface area (Å²) in [6, 6.07) is 4.42. The van der Waals surface area contributed by atoms with E-state index in [2.05, 4.69) is 57.4 Å². The summed E-state index contributed by atoms with van der Waals surface area (Å²) in [6.45, 7) is 12.9. The lowest BCUT2D eigenvalue weighted by Crippen LogP contribution is -2.30. The molecule has 0 heterocycles. The first-order chi connectivity index (χ1) is 9.40. The van der Waals surface area contributed by atoms with Crippen LogP contribution in [0.3, 0.4) is 0 Å². The Kier molecular flexibility index (Phi) is 6.73. The maximum Gasteiger partial charge on any atom is 0.221 e. The van der Waals surface area contributed by atoms with E-state index in [0.29, 0.717) is 12.3 Å². The number of benzene rings is 1. The Morgan fingerprint density at radius 1 is 1.15 bits per heavy atom. The molecule has 1 rings (SSSR count). The average molecular weight is 276 g/mol. The lowest BCUT2D eigenvalue weighted by atomic mass is 10.00. The molecule has 0 fully saturated rings. The molecule has 0 aliphatic rings. The topological polar surface area (TPSA) is 41.1 Å². The summed E-state index contributed by atoms with van der Waals surface area (Å²) in [4.78, 5) is 11.6. The molecule has 0 radical (unpaired) electrons. The molecule has 3 nitrogen and oxygen atoms in total. The van der Waals surface area contributed by atoms with Gasteiger partial charge in [-0.15, -0.1) is 0 Å². The van der Waals surface area contributed by atoms with Gasteiger partial charge in [-0.05, 0) is 43.4 Å². The molecule has 1 aromatic carbocycles. The molecule has 20 heavy (non-hydrogen) atoms. The standard InChI is InChI=1S/C17H28N2O/c1-12(2)10-19-17(20)6-7-18-11-16-14(4)8-13(3)9-15(16)5/h8-9,12,18H,6-7,10-11H2,1-5H3,(H,19,20). The van der Waals surface area contributed by atoms with Crippen LogP contribution in [0.25, 0.3) is 0 Å². The molecule has 0 saturated heterocycles. The SMILES string of the molecule is Cc1cc(C)c(CNCCC(=O)NCC(C)C)c(C)c1. The minimum absolute atomic E-state index is 0.128. The van der Waals surface area contributed by atoms with E-state index in [0.717, 1.165) is 19.6 Å². The molecule has 2 N–H and O–H groups in total. The molecule has 1 aromatic rings.